The van der Waals surface area contributed by atoms with E-state index in [2.05, 4.69) is 12.2 Å². The second kappa shape index (κ2) is 7.06. The molecule has 0 amide bonds. The van der Waals surface area contributed by atoms with Gasteiger partial charge in [-0.05, 0) is 30.2 Å². The summed E-state index contributed by atoms with van der Waals surface area (Å²) in [5.41, 5.74) is 8.63. The van der Waals surface area contributed by atoms with E-state index >= 15 is 0 Å². The zero-order valence-electron chi connectivity index (χ0n) is 11.5. The third-order valence-electron chi connectivity index (χ3n) is 2.95. The van der Waals surface area contributed by atoms with Gasteiger partial charge in [-0.15, -0.1) is 0 Å². The van der Waals surface area contributed by atoms with E-state index in [1.807, 2.05) is 42.5 Å². The minimum Gasteiger partial charge on any atom is -0.491 e. The van der Waals surface area contributed by atoms with Crippen LogP contribution in [0.3, 0.4) is 0 Å². The van der Waals surface area contributed by atoms with Crippen LogP contribution >= 0.6 is 11.6 Å². The maximum atomic E-state index is 6.13. The summed E-state index contributed by atoms with van der Waals surface area (Å²) in [4.78, 5) is 0. The molecule has 0 aliphatic rings. The van der Waals surface area contributed by atoms with Gasteiger partial charge in [0.15, 0.2) is 0 Å². The number of hydrogen-bond donors (Lipinski definition) is 2. The Kier molecular flexibility index (Phi) is 5.13. The van der Waals surface area contributed by atoms with Gasteiger partial charge in [-0.1, -0.05) is 42.8 Å². The number of nitrogen functional groups attached to an aromatic ring is 1. The van der Waals surface area contributed by atoms with Gasteiger partial charge >= 0.3 is 0 Å². The number of halogens is 1. The molecule has 0 aliphatic heterocycles. The summed E-state index contributed by atoms with van der Waals surface area (Å²) in [7, 11) is 0. The Morgan fingerprint density at radius 3 is 2.70 bits per heavy atom. The van der Waals surface area contributed by atoms with E-state index in [9.17, 15) is 0 Å². The first-order chi connectivity index (χ1) is 9.72. The van der Waals surface area contributed by atoms with Crippen molar-refractivity contribution in [3.8, 4) is 5.75 Å². The van der Waals surface area contributed by atoms with Crippen molar-refractivity contribution in [3.05, 3.63) is 53.1 Å². The van der Waals surface area contributed by atoms with Crippen LogP contribution < -0.4 is 15.8 Å². The van der Waals surface area contributed by atoms with E-state index in [0.29, 0.717) is 18.8 Å². The minimum absolute atomic E-state index is 0.626. The lowest BCUT2D eigenvalue weighted by molar-refractivity contribution is 0.319. The van der Waals surface area contributed by atoms with Gasteiger partial charge in [0.2, 0.25) is 0 Å². The number of rotatable bonds is 6. The van der Waals surface area contributed by atoms with E-state index in [1.54, 1.807) is 0 Å². The number of hydrogen-bond acceptors (Lipinski definition) is 3. The van der Waals surface area contributed by atoms with Crippen molar-refractivity contribution in [3.63, 3.8) is 0 Å². The topological polar surface area (TPSA) is 47.3 Å². The van der Waals surface area contributed by atoms with Gasteiger partial charge in [0.05, 0.1) is 18.0 Å². The highest BCUT2D eigenvalue weighted by atomic mass is 35.5. The van der Waals surface area contributed by atoms with Crippen LogP contribution in [0.1, 0.15) is 18.9 Å². The van der Waals surface area contributed by atoms with Crippen molar-refractivity contribution in [1.82, 2.24) is 0 Å². The molecule has 3 N–H and O–H groups in total. The Labute approximate surface area is 124 Å². The maximum absolute atomic E-state index is 6.13. The van der Waals surface area contributed by atoms with Gasteiger partial charge in [0.1, 0.15) is 5.75 Å². The third kappa shape index (κ3) is 3.58. The van der Waals surface area contributed by atoms with E-state index in [-0.39, 0.29) is 0 Å². The summed E-state index contributed by atoms with van der Waals surface area (Å²) < 4.78 is 5.61. The first kappa shape index (κ1) is 14.5. The zero-order valence-corrected chi connectivity index (χ0v) is 12.3. The zero-order chi connectivity index (χ0) is 14.4. The van der Waals surface area contributed by atoms with Crippen molar-refractivity contribution in [2.45, 2.75) is 19.9 Å². The van der Waals surface area contributed by atoms with Crippen LogP contribution in [0.15, 0.2) is 42.5 Å². The Balaban J connectivity index is 2.08. The molecule has 0 spiro atoms. The summed E-state index contributed by atoms with van der Waals surface area (Å²) in [6.45, 7) is 3.36. The van der Waals surface area contributed by atoms with Gasteiger partial charge in [0.25, 0.3) is 0 Å². The van der Waals surface area contributed by atoms with Crippen LogP contribution in [-0.4, -0.2) is 6.61 Å². The van der Waals surface area contributed by atoms with Crippen molar-refractivity contribution in [1.29, 1.82) is 0 Å². The normalized spacial score (nSPS) is 10.3. The van der Waals surface area contributed by atoms with Crippen LogP contribution in [0, 0.1) is 0 Å². The number of anilines is 2. The smallest absolute Gasteiger partial charge is 0.144 e. The molecule has 0 aliphatic carbocycles. The summed E-state index contributed by atoms with van der Waals surface area (Å²) in [6.07, 6.45) is 0.955. The summed E-state index contributed by atoms with van der Waals surface area (Å²) in [5, 5.41) is 4.04. The number of nitrogens with one attached hydrogen (secondary N) is 1. The number of nitrogens with two attached hydrogens (primary N) is 1. The van der Waals surface area contributed by atoms with E-state index in [1.165, 1.54) is 0 Å². The second-order valence-corrected chi connectivity index (χ2v) is 4.92. The molecular formula is C16H19ClN2O. The quantitative estimate of drug-likeness (QED) is 0.779. The van der Waals surface area contributed by atoms with Crippen LogP contribution in [0.5, 0.6) is 5.75 Å². The molecule has 0 heterocycles. The minimum atomic E-state index is 0.626. The predicted molar refractivity (Wildman–Crippen MR) is 85.4 cm³/mol. The molecule has 20 heavy (non-hydrogen) atoms. The number of para-hydroxylation sites is 1. The van der Waals surface area contributed by atoms with Gasteiger partial charge in [-0.25, -0.2) is 0 Å². The van der Waals surface area contributed by atoms with Crippen LogP contribution in [0.2, 0.25) is 5.02 Å². The molecule has 0 atom stereocenters. The standard InChI is InChI=1S/C16H19ClN2O/c1-2-10-20-15-9-5-8-14(16(15)18)19-11-12-6-3-4-7-13(12)17/h3-9,19H,2,10-11,18H2,1H3. The molecule has 3 nitrogen and oxygen atoms in total. The Morgan fingerprint density at radius 1 is 1.15 bits per heavy atom. The summed E-state index contributed by atoms with van der Waals surface area (Å²) >= 11 is 6.13. The Morgan fingerprint density at radius 2 is 1.95 bits per heavy atom. The average Bonchev–Trinajstić information content (AvgIpc) is 2.46. The molecule has 0 fully saturated rings. The fourth-order valence-electron chi connectivity index (χ4n) is 1.87. The van der Waals surface area contributed by atoms with Gasteiger partial charge < -0.3 is 15.8 Å². The van der Waals surface area contributed by atoms with E-state index in [0.717, 1.165) is 28.4 Å². The fourth-order valence-corrected chi connectivity index (χ4v) is 2.07. The van der Waals surface area contributed by atoms with Crippen LogP contribution in [0.4, 0.5) is 11.4 Å². The molecular weight excluding hydrogens is 272 g/mol. The lowest BCUT2D eigenvalue weighted by atomic mass is 10.2. The van der Waals surface area contributed by atoms with E-state index in [4.69, 9.17) is 22.1 Å². The molecule has 0 radical (unpaired) electrons. The summed E-state index contributed by atoms with van der Waals surface area (Å²) in [6, 6.07) is 13.5. The molecule has 2 aromatic rings. The average molecular weight is 291 g/mol. The van der Waals surface area contributed by atoms with Crippen molar-refractivity contribution in [2.75, 3.05) is 17.7 Å². The third-order valence-corrected chi connectivity index (χ3v) is 3.32. The molecule has 106 valence electrons. The lowest BCUT2D eigenvalue weighted by Crippen LogP contribution is -2.05. The molecule has 0 aromatic heterocycles. The van der Waals surface area contributed by atoms with Crippen LogP contribution in [-0.2, 0) is 6.54 Å². The number of ether oxygens (including phenoxy) is 1. The number of benzene rings is 2. The van der Waals surface area contributed by atoms with Gasteiger partial charge in [-0.2, -0.15) is 0 Å². The lowest BCUT2D eigenvalue weighted by Gasteiger charge is -2.14. The summed E-state index contributed by atoms with van der Waals surface area (Å²) in [5.74, 6) is 0.719. The maximum Gasteiger partial charge on any atom is 0.144 e. The highest BCUT2D eigenvalue weighted by Gasteiger charge is 2.06. The SMILES string of the molecule is CCCOc1cccc(NCc2ccccc2Cl)c1N. The Hall–Kier alpha value is -1.87. The van der Waals surface area contributed by atoms with Crippen molar-refractivity contribution in [2.24, 2.45) is 0 Å². The van der Waals surface area contributed by atoms with Crippen molar-refractivity contribution >= 4 is 23.0 Å². The fraction of sp³-hybridized carbons (Fsp3) is 0.250. The highest BCUT2D eigenvalue weighted by molar-refractivity contribution is 6.31. The molecule has 4 heteroatoms. The highest BCUT2D eigenvalue weighted by Crippen LogP contribution is 2.30. The first-order valence-electron chi connectivity index (χ1n) is 6.71. The van der Waals surface area contributed by atoms with E-state index < -0.39 is 0 Å². The Bertz CT molecular complexity index is 572. The molecule has 0 saturated carbocycles. The molecule has 2 aromatic carbocycles. The second-order valence-electron chi connectivity index (χ2n) is 4.51. The van der Waals surface area contributed by atoms with Crippen molar-refractivity contribution < 1.29 is 4.74 Å². The monoisotopic (exact) mass is 290 g/mol. The molecule has 2 rings (SSSR count). The molecule has 0 saturated heterocycles. The molecule has 0 unspecified atom stereocenters. The molecule has 0 bridgehead atoms. The predicted octanol–water partition coefficient (Wildman–Crippen LogP) is 4.32. The largest absolute Gasteiger partial charge is 0.491 e. The first-order valence-corrected chi connectivity index (χ1v) is 7.08. The van der Waals surface area contributed by atoms with Gasteiger partial charge in [0, 0.05) is 11.6 Å². The van der Waals surface area contributed by atoms with Gasteiger partial charge in [-0.3, -0.25) is 0 Å². The van der Waals surface area contributed by atoms with Crippen LogP contribution in [0.25, 0.3) is 0 Å².